The zero-order valence-electron chi connectivity index (χ0n) is 17.4. The number of hydrogen-bond acceptors (Lipinski definition) is 5. The van der Waals surface area contributed by atoms with E-state index in [1.165, 1.54) is 0 Å². The van der Waals surface area contributed by atoms with Gasteiger partial charge in [0.15, 0.2) is 11.5 Å². The number of amides is 1. The molecular formula is C22H30N4O3. The highest BCUT2D eigenvalue weighted by atomic mass is 16.5. The van der Waals surface area contributed by atoms with E-state index >= 15 is 0 Å². The average Bonchev–Trinajstić information content (AvgIpc) is 3.37. The van der Waals surface area contributed by atoms with E-state index in [0.29, 0.717) is 36.2 Å². The summed E-state index contributed by atoms with van der Waals surface area (Å²) in [6, 6.07) is 5.50. The van der Waals surface area contributed by atoms with Crippen LogP contribution in [0.4, 0.5) is 0 Å². The van der Waals surface area contributed by atoms with Crippen LogP contribution in [0.15, 0.2) is 18.2 Å². The number of carbonyl (C=O) groups is 1. The van der Waals surface area contributed by atoms with Crippen molar-refractivity contribution in [3.05, 3.63) is 35.4 Å². The van der Waals surface area contributed by atoms with E-state index < -0.39 is 0 Å². The van der Waals surface area contributed by atoms with Gasteiger partial charge in [0.1, 0.15) is 11.6 Å². The summed E-state index contributed by atoms with van der Waals surface area (Å²) in [5, 5.41) is 8.77. The summed E-state index contributed by atoms with van der Waals surface area (Å²) in [7, 11) is 0. The fourth-order valence-corrected chi connectivity index (χ4v) is 4.24. The van der Waals surface area contributed by atoms with Crippen molar-refractivity contribution in [2.75, 3.05) is 26.3 Å². The lowest BCUT2D eigenvalue weighted by atomic mass is 9.95. The van der Waals surface area contributed by atoms with Crippen molar-refractivity contribution in [3.63, 3.8) is 0 Å². The van der Waals surface area contributed by atoms with Gasteiger partial charge in [0.2, 0.25) is 0 Å². The van der Waals surface area contributed by atoms with Crippen LogP contribution in [0.1, 0.15) is 67.5 Å². The van der Waals surface area contributed by atoms with E-state index in [2.05, 4.69) is 21.7 Å². The van der Waals surface area contributed by atoms with Crippen LogP contribution in [0.3, 0.4) is 0 Å². The van der Waals surface area contributed by atoms with Gasteiger partial charge in [0.25, 0.3) is 5.91 Å². The molecule has 0 radical (unpaired) electrons. The Hall–Kier alpha value is -2.57. The molecule has 2 aliphatic heterocycles. The van der Waals surface area contributed by atoms with Gasteiger partial charge in [0, 0.05) is 37.5 Å². The number of fused-ring (bicyclic) bond motifs is 1. The minimum absolute atomic E-state index is 0.0536. The zero-order valence-corrected chi connectivity index (χ0v) is 17.4. The average molecular weight is 399 g/mol. The largest absolute Gasteiger partial charge is 0.490 e. The lowest BCUT2D eigenvalue weighted by Gasteiger charge is -2.31. The third-order valence-electron chi connectivity index (χ3n) is 5.74. The molecule has 0 spiro atoms. The van der Waals surface area contributed by atoms with E-state index in [-0.39, 0.29) is 5.91 Å². The number of piperidine rings is 1. The van der Waals surface area contributed by atoms with E-state index in [1.54, 1.807) is 0 Å². The minimum Gasteiger partial charge on any atom is -0.490 e. The van der Waals surface area contributed by atoms with Crippen molar-refractivity contribution >= 4 is 5.91 Å². The molecule has 4 rings (SSSR count). The predicted molar refractivity (Wildman–Crippen MR) is 110 cm³/mol. The van der Waals surface area contributed by atoms with Gasteiger partial charge in [-0.05, 0) is 50.8 Å². The minimum atomic E-state index is 0.0536. The Balaban J connectivity index is 1.42. The fraction of sp³-hybridized carbons (Fsp3) is 0.591. The number of nitrogens with zero attached hydrogens (tertiary/aromatic N) is 4. The van der Waals surface area contributed by atoms with Crippen molar-refractivity contribution in [1.29, 1.82) is 0 Å². The molecule has 3 heterocycles. The van der Waals surface area contributed by atoms with Gasteiger partial charge in [-0.25, -0.2) is 0 Å². The molecule has 29 heavy (non-hydrogen) atoms. The molecule has 1 amide bonds. The maximum absolute atomic E-state index is 13.1. The van der Waals surface area contributed by atoms with Crippen molar-refractivity contribution in [2.45, 2.75) is 58.4 Å². The van der Waals surface area contributed by atoms with E-state index in [0.717, 1.165) is 63.4 Å². The highest BCUT2D eigenvalue weighted by Crippen LogP contribution is 2.32. The zero-order chi connectivity index (χ0) is 20.2. The molecule has 2 aromatic rings. The fourth-order valence-electron chi connectivity index (χ4n) is 4.24. The third-order valence-corrected chi connectivity index (χ3v) is 5.74. The molecular weight excluding hydrogens is 368 g/mol. The SMILES string of the molecule is CCCOc1ccc(C(=O)N2CCC(c3nnc4n3CCC4)CC2)cc1OCC. The molecule has 7 heteroatoms. The highest BCUT2D eigenvalue weighted by molar-refractivity contribution is 5.95. The van der Waals surface area contributed by atoms with Crippen LogP contribution in [0.2, 0.25) is 0 Å². The summed E-state index contributed by atoms with van der Waals surface area (Å²) in [6.07, 6.45) is 4.98. The van der Waals surface area contributed by atoms with Gasteiger partial charge in [-0.1, -0.05) is 6.92 Å². The predicted octanol–water partition coefficient (Wildman–Crippen LogP) is 3.43. The molecule has 0 unspecified atom stereocenters. The number of aromatic nitrogens is 3. The molecule has 1 aromatic heterocycles. The second-order valence-corrected chi connectivity index (χ2v) is 7.74. The maximum Gasteiger partial charge on any atom is 0.253 e. The Morgan fingerprint density at radius 3 is 2.69 bits per heavy atom. The molecule has 1 saturated heterocycles. The number of hydrogen-bond donors (Lipinski definition) is 0. The molecule has 0 saturated carbocycles. The van der Waals surface area contributed by atoms with Gasteiger partial charge in [0.05, 0.1) is 13.2 Å². The summed E-state index contributed by atoms with van der Waals surface area (Å²) >= 11 is 0. The van der Waals surface area contributed by atoms with Gasteiger partial charge in [-0.2, -0.15) is 0 Å². The molecule has 1 aromatic carbocycles. The molecule has 2 aliphatic rings. The maximum atomic E-state index is 13.1. The van der Waals surface area contributed by atoms with Gasteiger partial charge < -0.3 is 18.9 Å². The normalized spacial score (nSPS) is 16.7. The Bertz CT molecular complexity index is 856. The van der Waals surface area contributed by atoms with Crippen molar-refractivity contribution in [3.8, 4) is 11.5 Å². The molecule has 0 bridgehead atoms. The number of likely N-dealkylation sites (tertiary alicyclic amines) is 1. The third kappa shape index (κ3) is 4.09. The highest BCUT2D eigenvalue weighted by Gasteiger charge is 2.30. The molecule has 0 aliphatic carbocycles. The standard InChI is InChI=1S/C22H30N4O3/c1-3-14-29-18-8-7-17(15-19(18)28-4-2)22(27)25-12-9-16(10-13-25)21-24-23-20-6-5-11-26(20)21/h7-8,15-16H,3-6,9-14H2,1-2H3. The first-order valence-electron chi connectivity index (χ1n) is 10.8. The Labute approximate surface area is 172 Å². The lowest BCUT2D eigenvalue weighted by Crippen LogP contribution is -2.38. The van der Waals surface area contributed by atoms with Crippen LogP contribution >= 0.6 is 0 Å². The van der Waals surface area contributed by atoms with E-state index in [4.69, 9.17) is 9.47 Å². The van der Waals surface area contributed by atoms with Crippen molar-refractivity contribution < 1.29 is 14.3 Å². The van der Waals surface area contributed by atoms with Crippen LogP contribution in [0, 0.1) is 0 Å². The topological polar surface area (TPSA) is 69.5 Å². The first-order valence-corrected chi connectivity index (χ1v) is 10.8. The van der Waals surface area contributed by atoms with Crippen LogP contribution in [0.5, 0.6) is 11.5 Å². The number of ether oxygens (including phenoxy) is 2. The molecule has 0 atom stereocenters. The van der Waals surface area contributed by atoms with Crippen molar-refractivity contribution in [2.24, 2.45) is 0 Å². The van der Waals surface area contributed by atoms with Crippen LogP contribution in [-0.4, -0.2) is 51.9 Å². The van der Waals surface area contributed by atoms with Gasteiger partial charge in [-0.15, -0.1) is 10.2 Å². The summed E-state index contributed by atoms with van der Waals surface area (Å²) in [4.78, 5) is 15.0. The monoisotopic (exact) mass is 398 g/mol. The van der Waals surface area contributed by atoms with Crippen LogP contribution in [0.25, 0.3) is 0 Å². The second-order valence-electron chi connectivity index (χ2n) is 7.74. The summed E-state index contributed by atoms with van der Waals surface area (Å²) in [6.45, 7) is 7.68. The van der Waals surface area contributed by atoms with Crippen LogP contribution in [-0.2, 0) is 13.0 Å². The molecule has 1 fully saturated rings. The van der Waals surface area contributed by atoms with Crippen molar-refractivity contribution in [1.82, 2.24) is 19.7 Å². The van der Waals surface area contributed by atoms with E-state index in [9.17, 15) is 4.79 Å². The molecule has 7 nitrogen and oxygen atoms in total. The molecule has 0 N–H and O–H groups in total. The van der Waals surface area contributed by atoms with Gasteiger partial charge in [-0.3, -0.25) is 4.79 Å². The second kappa shape index (κ2) is 8.84. The number of carbonyl (C=O) groups excluding carboxylic acids is 1. The Morgan fingerprint density at radius 2 is 1.93 bits per heavy atom. The first-order chi connectivity index (χ1) is 14.2. The first kappa shape index (κ1) is 19.7. The Kier molecular flexibility index (Phi) is 6.02. The molecule has 156 valence electrons. The summed E-state index contributed by atoms with van der Waals surface area (Å²) in [5.41, 5.74) is 0.652. The number of aryl methyl sites for hydroxylation is 1. The Morgan fingerprint density at radius 1 is 1.10 bits per heavy atom. The number of benzene rings is 1. The summed E-state index contributed by atoms with van der Waals surface area (Å²) in [5.74, 6) is 4.01. The lowest BCUT2D eigenvalue weighted by molar-refractivity contribution is 0.0709. The van der Waals surface area contributed by atoms with E-state index in [1.807, 2.05) is 30.0 Å². The number of rotatable bonds is 7. The van der Waals surface area contributed by atoms with Gasteiger partial charge >= 0.3 is 0 Å². The quantitative estimate of drug-likeness (QED) is 0.715. The van der Waals surface area contributed by atoms with Crippen LogP contribution < -0.4 is 9.47 Å². The smallest absolute Gasteiger partial charge is 0.253 e. The summed E-state index contributed by atoms with van der Waals surface area (Å²) < 4.78 is 13.7.